The van der Waals surface area contributed by atoms with Crippen LogP contribution in [-0.2, 0) is 45.0 Å². The molecule has 7 N–H and O–H groups in total. The normalized spacial score (nSPS) is 12.6. The third-order valence-electron chi connectivity index (χ3n) is 7.20. The molecular weight excluding hydrogens is 606 g/mol. The van der Waals surface area contributed by atoms with Crippen molar-refractivity contribution in [1.82, 2.24) is 16.0 Å². The van der Waals surface area contributed by atoms with E-state index in [1.165, 1.54) is 48.5 Å². The molecule has 0 aromatic heterocycles. The molecule has 0 fully saturated rings. The monoisotopic (exact) mass is 641 g/mol. The van der Waals surface area contributed by atoms with Gasteiger partial charge in [0.25, 0.3) is 0 Å². The Bertz CT molecular complexity index is 1640. The second kappa shape index (κ2) is 16.3. The van der Waals surface area contributed by atoms with Gasteiger partial charge in [-0.25, -0.2) is 9.59 Å². The van der Waals surface area contributed by atoms with Crippen molar-refractivity contribution in [1.29, 1.82) is 0 Å². The van der Waals surface area contributed by atoms with Gasteiger partial charge in [0.15, 0.2) is 0 Å². The van der Waals surface area contributed by atoms with Gasteiger partial charge in [0.1, 0.15) is 42.0 Å². The Morgan fingerprint density at radius 3 is 1.32 bits per heavy atom. The molecule has 4 aromatic carbocycles. The second-order valence-electron chi connectivity index (χ2n) is 10.8. The fourth-order valence-electron chi connectivity index (χ4n) is 4.67. The van der Waals surface area contributed by atoms with Crippen LogP contribution in [0.3, 0.4) is 0 Å². The second-order valence-corrected chi connectivity index (χ2v) is 10.8. The van der Waals surface area contributed by atoms with Crippen LogP contribution in [-0.4, -0.2) is 62.4 Å². The highest BCUT2D eigenvalue weighted by Crippen LogP contribution is 2.15. The summed E-state index contributed by atoms with van der Waals surface area (Å²) in [4.78, 5) is 52.2. The van der Waals surface area contributed by atoms with Gasteiger partial charge < -0.3 is 41.1 Å². The summed E-state index contributed by atoms with van der Waals surface area (Å²) in [7, 11) is 0. The number of carboxylic acids is 1. The zero-order chi connectivity index (χ0) is 33.8. The summed E-state index contributed by atoms with van der Waals surface area (Å²) in [5.41, 5.74) is 2.42. The van der Waals surface area contributed by atoms with Gasteiger partial charge in [-0.2, -0.15) is 0 Å². The third kappa shape index (κ3) is 10.8. The fraction of sp³-hybridized carbons (Fsp3) is 0.200. The quantitative estimate of drug-likeness (QED) is 0.108. The lowest BCUT2D eigenvalue weighted by Crippen LogP contribution is -2.57. The van der Waals surface area contributed by atoms with Crippen molar-refractivity contribution < 1.29 is 44.3 Å². The van der Waals surface area contributed by atoms with E-state index in [1.54, 1.807) is 48.5 Å². The molecule has 0 spiro atoms. The van der Waals surface area contributed by atoms with E-state index in [0.717, 1.165) is 5.56 Å². The Labute approximate surface area is 270 Å². The lowest BCUT2D eigenvalue weighted by molar-refractivity contribution is -0.142. The number of ether oxygens (including phenoxy) is 1. The SMILES string of the molecule is O=C(N[C@H](Cc1ccc(O)cc1)C(=O)N[C@@H](Cc1ccc(O)cc1)C(=O)N[C@@H](Cc1ccc(O)cc1)C(=O)O)OCc1ccccc1. The predicted octanol–water partition coefficient (Wildman–Crippen LogP) is 3.18. The number of rotatable bonds is 14. The molecule has 4 rings (SSSR count). The van der Waals surface area contributed by atoms with Crippen molar-refractivity contribution in [2.75, 3.05) is 0 Å². The van der Waals surface area contributed by atoms with Gasteiger partial charge in [-0.1, -0.05) is 66.7 Å². The molecule has 0 bridgehead atoms. The van der Waals surface area contributed by atoms with E-state index in [-0.39, 0.29) is 43.1 Å². The Hall–Kier alpha value is -6.04. The first-order chi connectivity index (χ1) is 22.5. The molecule has 3 atom stereocenters. The summed E-state index contributed by atoms with van der Waals surface area (Å²) in [5.74, 6) is -2.86. The van der Waals surface area contributed by atoms with Gasteiger partial charge in [-0.15, -0.1) is 0 Å². The van der Waals surface area contributed by atoms with Crippen LogP contribution >= 0.6 is 0 Å². The number of carbonyl (C=O) groups excluding carboxylic acids is 3. The maximum Gasteiger partial charge on any atom is 0.408 e. The lowest BCUT2D eigenvalue weighted by Gasteiger charge is -2.25. The zero-order valence-electron chi connectivity index (χ0n) is 25.2. The average Bonchev–Trinajstić information content (AvgIpc) is 3.06. The van der Waals surface area contributed by atoms with Crippen LogP contribution in [0.15, 0.2) is 103 Å². The third-order valence-corrected chi connectivity index (χ3v) is 7.20. The number of benzene rings is 4. The van der Waals surface area contributed by atoms with E-state index in [4.69, 9.17) is 4.74 Å². The minimum Gasteiger partial charge on any atom is -0.508 e. The highest BCUT2D eigenvalue weighted by molar-refractivity contribution is 5.93. The molecule has 0 radical (unpaired) electrons. The molecule has 0 aliphatic rings. The van der Waals surface area contributed by atoms with Gasteiger partial charge in [0.2, 0.25) is 11.8 Å². The summed E-state index contributed by atoms with van der Waals surface area (Å²) in [6.45, 7) is -0.0519. The predicted molar refractivity (Wildman–Crippen MR) is 170 cm³/mol. The lowest BCUT2D eigenvalue weighted by atomic mass is 10.0. The average molecular weight is 642 g/mol. The molecule has 0 heterocycles. The minimum atomic E-state index is -1.37. The first-order valence-corrected chi connectivity index (χ1v) is 14.7. The maximum absolute atomic E-state index is 13.7. The van der Waals surface area contributed by atoms with E-state index in [0.29, 0.717) is 16.7 Å². The summed E-state index contributed by atoms with van der Waals surface area (Å²) >= 11 is 0. The molecule has 12 nitrogen and oxygen atoms in total. The van der Waals surface area contributed by atoms with E-state index >= 15 is 0 Å². The standard InChI is InChI=1S/C35H35N3O9/c39-26-12-6-22(7-13-26)18-29(32(42)37-31(34(44)45)20-24-10-16-28(41)17-11-24)36-33(43)30(19-23-8-14-27(40)15-9-23)38-35(46)47-21-25-4-2-1-3-5-25/h1-17,29-31,39-41H,18-21H2,(H,36,43)(H,37,42)(H,38,46)(H,44,45)/t29-,30+,31-/m0/s1. The minimum absolute atomic E-state index is 0.000694. The summed E-state index contributed by atoms with van der Waals surface area (Å²) in [5, 5.41) is 46.5. The van der Waals surface area contributed by atoms with Gasteiger partial charge >= 0.3 is 12.1 Å². The van der Waals surface area contributed by atoms with E-state index in [1.807, 2.05) is 6.07 Å². The molecule has 0 saturated heterocycles. The molecule has 3 amide bonds. The molecule has 12 heteroatoms. The number of amides is 3. The molecule has 0 aliphatic heterocycles. The van der Waals surface area contributed by atoms with Crippen LogP contribution < -0.4 is 16.0 Å². The zero-order valence-corrected chi connectivity index (χ0v) is 25.2. The number of hydrogen-bond donors (Lipinski definition) is 7. The highest BCUT2D eigenvalue weighted by atomic mass is 16.5. The molecule has 0 aliphatic carbocycles. The van der Waals surface area contributed by atoms with E-state index < -0.39 is 42.0 Å². The summed E-state index contributed by atoms with van der Waals surface area (Å²) < 4.78 is 5.31. The van der Waals surface area contributed by atoms with Gasteiger partial charge in [0.05, 0.1) is 0 Å². The van der Waals surface area contributed by atoms with Crippen molar-refractivity contribution in [3.05, 3.63) is 125 Å². The molecule has 0 saturated carbocycles. The highest BCUT2D eigenvalue weighted by Gasteiger charge is 2.30. The van der Waals surface area contributed by atoms with E-state index in [9.17, 15) is 39.6 Å². The van der Waals surface area contributed by atoms with Gasteiger partial charge in [0, 0.05) is 19.3 Å². The number of aliphatic carboxylic acids is 1. The van der Waals surface area contributed by atoms with Crippen molar-refractivity contribution in [3.8, 4) is 17.2 Å². The largest absolute Gasteiger partial charge is 0.508 e. The number of phenolic OH excluding ortho intramolecular Hbond substituents is 3. The number of phenols is 3. The Kier molecular flexibility index (Phi) is 11.8. The molecule has 4 aromatic rings. The van der Waals surface area contributed by atoms with Crippen LogP contribution in [0.4, 0.5) is 4.79 Å². The first kappa shape index (κ1) is 33.8. The number of carboxylic acid groups (broad SMARTS) is 1. The van der Waals surface area contributed by atoms with Crippen LogP contribution in [0.1, 0.15) is 22.3 Å². The number of carbonyl (C=O) groups is 4. The van der Waals surface area contributed by atoms with Gasteiger partial charge in [-0.3, -0.25) is 9.59 Å². The summed E-state index contributed by atoms with van der Waals surface area (Å²) in [6, 6.07) is 22.8. The Balaban J connectivity index is 1.54. The smallest absolute Gasteiger partial charge is 0.408 e. The fourth-order valence-corrected chi connectivity index (χ4v) is 4.67. The van der Waals surface area contributed by atoms with Crippen molar-refractivity contribution in [2.45, 2.75) is 44.0 Å². The van der Waals surface area contributed by atoms with Crippen molar-refractivity contribution >= 4 is 23.9 Å². The maximum atomic E-state index is 13.7. The van der Waals surface area contributed by atoms with Crippen LogP contribution in [0, 0.1) is 0 Å². The number of hydrogen-bond acceptors (Lipinski definition) is 8. The van der Waals surface area contributed by atoms with Crippen molar-refractivity contribution in [2.24, 2.45) is 0 Å². The molecule has 47 heavy (non-hydrogen) atoms. The van der Waals surface area contributed by atoms with Crippen LogP contribution in [0.2, 0.25) is 0 Å². The topological polar surface area (TPSA) is 195 Å². The first-order valence-electron chi connectivity index (χ1n) is 14.7. The van der Waals surface area contributed by atoms with Crippen LogP contribution in [0.25, 0.3) is 0 Å². The molecular formula is C35H35N3O9. The number of nitrogens with one attached hydrogen (secondary N) is 3. The number of aromatic hydroxyl groups is 3. The number of alkyl carbamates (subject to hydrolysis) is 1. The summed E-state index contributed by atoms with van der Waals surface area (Å²) in [6.07, 6.45) is -1.08. The molecule has 244 valence electrons. The van der Waals surface area contributed by atoms with Crippen molar-refractivity contribution in [3.63, 3.8) is 0 Å². The Morgan fingerprint density at radius 2 is 0.894 bits per heavy atom. The van der Waals surface area contributed by atoms with Crippen LogP contribution in [0.5, 0.6) is 17.2 Å². The van der Waals surface area contributed by atoms with E-state index in [2.05, 4.69) is 16.0 Å². The van der Waals surface area contributed by atoms with Gasteiger partial charge in [-0.05, 0) is 58.7 Å². The molecule has 0 unspecified atom stereocenters. The Morgan fingerprint density at radius 1 is 0.511 bits per heavy atom.